The van der Waals surface area contributed by atoms with Crippen LogP contribution in [0.2, 0.25) is 0 Å². The summed E-state index contributed by atoms with van der Waals surface area (Å²) in [6, 6.07) is 12.3. The van der Waals surface area contributed by atoms with Crippen LogP contribution in [0.1, 0.15) is 33.3 Å². The number of rotatable bonds is 2. The van der Waals surface area contributed by atoms with E-state index < -0.39 is 0 Å². The van der Waals surface area contributed by atoms with Crippen LogP contribution in [0.25, 0.3) is 11.3 Å². The third-order valence-corrected chi connectivity index (χ3v) is 4.62. The van der Waals surface area contributed by atoms with E-state index in [1.165, 1.54) is 5.56 Å². The molecule has 1 saturated heterocycles. The second-order valence-corrected chi connectivity index (χ2v) is 6.93. The maximum absolute atomic E-state index is 6.12. The average Bonchev–Trinajstić information content (AvgIpc) is 2.68. The minimum atomic E-state index is -0.338. The standard InChI is InChI=1S/C18H22BNO2/c1-13-9-10-20-16(11-13)14-7-6-8-15(12-14)19-21-17(2,3)18(4,5)22-19/h6-12H,1-5H3. The molecule has 4 heteroatoms. The number of aromatic nitrogens is 1. The second kappa shape index (κ2) is 5.22. The highest BCUT2D eigenvalue weighted by molar-refractivity contribution is 6.62. The molecule has 0 bridgehead atoms. The highest BCUT2D eigenvalue weighted by Gasteiger charge is 2.51. The topological polar surface area (TPSA) is 31.4 Å². The predicted molar refractivity (Wildman–Crippen MR) is 90.1 cm³/mol. The van der Waals surface area contributed by atoms with Gasteiger partial charge in [-0.25, -0.2) is 0 Å². The van der Waals surface area contributed by atoms with Crippen molar-refractivity contribution in [3.8, 4) is 11.3 Å². The van der Waals surface area contributed by atoms with Gasteiger partial charge in [0.05, 0.1) is 16.9 Å². The Bertz CT molecular complexity index is 681. The Kier molecular flexibility index (Phi) is 3.62. The fraction of sp³-hybridized carbons (Fsp3) is 0.389. The van der Waals surface area contributed by atoms with Gasteiger partial charge in [-0.1, -0.05) is 24.3 Å². The van der Waals surface area contributed by atoms with Crippen LogP contribution in [0.5, 0.6) is 0 Å². The zero-order chi connectivity index (χ0) is 16.0. The van der Waals surface area contributed by atoms with Gasteiger partial charge in [-0.05, 0) is 63.3 Å². The van der Waals surface area contributed by atoms with Gasteiger partial charge in [0, 0.05) is 6.20 Å². The predicted octanol–water partition coefficient (Wildman–Crippen LogP) is 3.36. The van der Waals surface area contributed by atoms with Crippen molar-refractivity contribution in [2.45, 2.75) is 45.8 Å². The lowest BCUT2D eigenvalue weighted by atomic mass is 9.78. The van der Waals surface area contributed by atoms with Crippen LogP contribution >= 0.6 is 0 Å². The van der Waals surface area contributed by atoms with Crippen molar-refractivity contribution in [2.75, 3.05) is 0 Å². The van der Waals surface area contributed by atoms with Crippen molar-refractivity contribution < 1.29 is 9.31 Å². The van der Waals surface area contributed by atoms with Gasteiger partial charge in [0.1, 0.15) is 0 Å². The molecule has 1 aliphatic rings. The van der Waals surface area contributed by atoms with Gasteiger partial charge < -0.3 is 9.31 Å². The van der Waals surface area contributed by atoms with E-state index in [2.05, 4.69) is 57.8 Å². The summed E-state index contributed by atoms with van der Waals surface area (Å²) >= 11 is 0. The van der Waals surface area contributed by atoms with Crippen molar-refractivity contribution >= 4 is 12.6 Å². The maximum Gasteiger partial charge on any atom is 0.494 e. The molecule has 114 valence electrons. The van der Waals surface area contributed by atoms with Crippen molar-refractivity contribution in [1.29, 1.82) is 0 Å². The zero-order valence-corrected chi connectivity index (χ0v) is 13.9. The van der Waals surface area contributed by atoms with Crippen LogP contribution in [0.15, 0.2) is 42.6 Å². The van der Waals surface area contributed by atoms with E-state index in [0.29, 0.717) is 0 Å². The van der Waals surface area contributed by atoms with Crippen LogP contribution in [0.4, 0.5) is 0 Å². The first-order valence-corrected chi connectivity index (χ1v) is 7.67. The van der Waals surface area contributed by atoms with Crippen LogP contribution in [0, 0.1) is 6.92 Å². The van der Waals surface area contributed by atoms with E-state index >= 15 is 0 Å². The molecule has 0 aliphatic carbocycles. The Morgan fingerprint density at radius 3 is 2.27 bits per heavy atom. The van der Waals surface area contributed by atoms with Crippen molar-refractivity contribution in [1.82, 2.24) is 4.98 Å². The second-order valence-electron chi connectivity index (χ2n) is 6.93. The van der Waals surface area contributed by atoms with Gasteiger partial charge in [0.15, 0.2) is 0 Å². The Hall–Kier alpha value is -1.65. The summed E-state index contributed by atoms with van der Waals surface area (Å²) < 4.78 is 12.2. The highest BCUT2D eigenvalue weighted by atomic mass is 16.7. The Labute approximate surface area is 132 Å². The number of hydrogen-bond donors (Lipinski definition) is 0. The third-order valence-electron chi connectivity index (χ3n) is 4.62. The molecular formula is C18H22BNO2. The molecule has 3 rings (SSSR count). The van der Waals surface area contributed by atoms with Gasteiger partial charge in [0.25, 0.3) is 0 Å². The first-order chi connectivity index (χ1) is 10.3. The highest BCUT2D eigenvalue weighted by Crippen LogP contribution is 2.36. The van der Waals surface area contributed by atoms with Crippen LogP contribution in [-0.4, -0.2) is 23.3 Å². The van der Waals surface area contributed by atoms with E-state index in [0.717, 1.165) is 16.7 Å². The summed E-state index contributed by atoms with van der Waals surface area (Å²) in [7, 11) is -0.338. The molecule has 0 saturated carbocycles. The molecule has 2 heterocycles. The molecule has 1 aliphatic heterocycles. The number of aryl methyl sites for hydroxylation is 1. The minimum Gasteiger partial charge on any atom is -0.399 e. The average molecular weight is 295 g/mol. The number of hydrogen-bond acceptors (Lipinski definition) is 3. The van der Waals surface area contributed by atoms with E-state index in [4.69, 9.17) is 9.31 Å². The van der Waals surface area contributed by atoms with Crippen LogP contribution in [0.3, 0.4) is 0 Å². The fourth-order valence-corrected chi connectivity index (χ4v) is 2.52. The lowest BCUT2D eigenvalue weighted by Crippen LogP contribution is -2.41. The van der Waals surface area contributed by atoms with E-state index in [1.54, 1.807) is 0 Å². The van der Waals surface area contributed by atoms with Crippen molar-refractivity contribution in [2.24, 2.45) is 0 Å². The molecular weight excluding hydrogens is 273 g/mol. The molecule has 1 aromatic heterocycles. The fourth-order valence-electron chi connectivity index (χ4n) is 2.52. The molecule has 0 radical (unpaired) electrons. The molecule has 3 nitrogen and oxygen atoms in total. The SMILES string of the molecule is Cc1ccnc(-c2cccc(B3OC(C)(C)C(C)(C)O3)c2)c1. The summed E-state index contributed by atoms with van der Waals surface area (Å²) in [5.41, 5.74) is 3.63. The quantitative estimate of drug-likeness (QED) is 0.796. The van der Waals surface area contributed by atoms with Gasteiger partial charge in [-0.15, -0.1) is 0 Å². The Morgan fingerprint density at radius 2 is 1.64 bits per heavy atom. The van der Waals surface area contributed by atoms with Crippen LogP contribution < -0.4 is 5.46 Å². The van der Waals surface area contributed by atoms with Crippen molar-refractivity contribution in [3.05, 3.63) is 48.2 Å². The lowest BCUT2D eigenvalue weighted by Gasteiger charge is -2.32. The van der Waals surface area contributed by atoms with E-state index in [-0.39, 0.29) is 18.3 Å². The largest absolute Gasteiger partial charge is 0.494 e. The van der Waals surface area contributed by atoms with Crippen molar-refractivity contribution in [3.63, 3.8) is 0 Å². The van der Waals surface area contributed by atoms with Gasteiger partial charge in [0.2, 0.25) is 0 Å². The molecule has 0 amide bonds. The molecule has 2 aromatic rings. The van der Waals surface area contributed by atoms with E-state index in [1.807, 2.05) is 24.4 Å². The smallest absolute Gasteiger partial charge is 0.399 e. The third kappa shape index (κ3) is 2.69. The summed E-state index contributed by atoms with van der Waals surface area (Å²) in [6.07, 6.45) is 1.84. The molecule has 0 unspecified atom stereocenters. The molecule has 0 N–H and O–H groups in total. The summed E-state index contributed by atoms with van der Waals surface area (Å²) in [5.74, 6) is 0. The summed E-state index contributed by atoms with van der Waals surface area (Å²) in [5, 5.41) is 0. The summed E-state index contributed by atoms with van der Waals surface area (Å²) in [4.78, 5) is 4.45. The molecule has 0 atom stereocenters. The number of pyridine rings is 1. The zero-order valence-electron chi connectivity index (χ0n) is 13.9. The van der Waals surface area contributed by atoms with Gasteiger partial charge in [-0.3, -0.25) is 4.98 Å². The Balaban J connectivity index is 1.93. The monoisotopic (exact) mass is 295 g/mol. The molecule has 1 aromatic carbocycles. The van der Waals surface area contributed by atoms with Crippen LogP contribution in [-0.2, 0) is 9.31 Å². The molecule has 0 spiro atoms. The first-order valence-electron chi connectivity index (χ1n) is 7.67. The maximum atomic E-state index is 6.12. The molecule has 1 fully saturated rings. The summed E-state index contributed by atoms with van der Waals surface area (Å²) in [6.45, 7) is 10.3. The van der Waals surface area contributed by atoms with Gasteiger partial charge >= 0.3 is 7.12 Å². The number of nitrogens with zero attached hydrogens (tertiary/aromatic N) is 1. The number of benzene rings is 1. The van der Waals surface area contributed by atoms with E-state index in [9.17, 15) is 0 Å². The lowest BCUT2D eigenvalue weighted by molar-refractivity contribution is 0.00578. The first kappa shape index (κ1) is 15.3. The molecule has 22 heavy (non-hydrogen) atoms. The normalized spacial score (nSPS) is 19.4. The minimum absolute atomic E-state index is 0.324. The van der Waals surface area contributed by atoms with Gasteiger partial charge in [-0.2, -0.15) is 0 Å². The Morgan fingerprint density at radius 1 is 0.955 bits per heavy atom.